The molecule has 1 aromatic heterocycles. The van der Waals surface area contributed by atoms with E-state index in [-0.39, 0.29) is 11.7 Å². The standard InChI is InChI=1S/C18H14O3/c19-18(20)16-12-11-15(21-16)17(13-7-3-1-4-8-13)14-9-5-2-6-10-14/h1-12,17H,(H,19,20). The number of carboxylic acids is 1. The van der Waals surface area contributed by atoms with E-state index in [1.807, 2.05) is 60.7 Å². The van der Waals surface area contributed by atoms with Crippen LogP contribution in [0.5, 0.6) is 0 Å². The lowest BCUT2D eigenvalue weighted by molar-refractivity contribution is 0.0660. The van der Waals surface area contributed by atoms with Gasteiger partial charge in [0.25, 0.3) is 0 Å². The molecule has 0 aliphatic carbocycles. The molecular weight excluding hydrogens is 264 g/mol. The van der Waals surface area contributed by atoms with Crippen LogP contribution in [-0.4, -0.2) is 11.1 Å². The minimum absolute atomic E-state index is 0.0399. The zero-order valence-electron chi connectivity index (χ0n) is 11.3. The summed E-state index contributed by atoms with van der Waals surface area (Å²) in [4.78, 5) is 11.0. The van der Waals surface area contributed by atoms with Gasteiger partial charge in [0.2, 0.25) is 5.76 Å². The van der Waals surface area contributed by atoms with Crippen molar-refractivity contribution in [2.75, 3.05) is 0 Å². The number of aromatic carboxylic acids is 1. The molecule has 3 heteroatoms. The van der Waals surface area contributed by atoms with Gasteiger partial charge in [0.15, 0.2) is 0 Å². The summed E-state index contributed by atoms with van der Waals surface area (Å²) >= 11 is 0. The number of furan rings is 1. The highest BCUT2D eigenvalue weighted by Gasteiger charge is 2.21. The molecule has 21 heavy (non-hydrogen) atoms. The van der Waals surface area contributed by atoms with Gasteiger partial charge >= 0.3 is 5.97 Å². The lowest BCUT2D eigenvalue weighted by Gasteiger charge is -2.15. The van der Waals surface area contributed by atoms with Crippen LogP contribution in [0.4, 0.5) is 0 Å². The topological polar surface area (TPSA) is 50.4 Å². The quantitative estimate of drug-likeness (QED) is 0.779. The molecule has 1 N–H and O–H groups in total. The third-order valence-corrected chi connectivity index (χ3v) is 3.39. The Balaban J connectivity index is 2.10. The largest absolute Gasteiger partial charge is 0.475 e. The summed E-state index contributed by atoms with van der Waals surface area (Å²) in [5, 5.41) is 9.03. The van der Waals surface area contributed by atoms with Crippen molar-refractivity contribution >= 4 is 5.97 Å². The zero-order chi connectivity index (χ0) is 14.7. The molecule has 3 nitrogen and oxygen atoms in total. The Bertz CT molecular complexity index is 690. The molecule has 0 amide bonds. The SMILES string of the molecule is O=C(O)c1ccc(C(c2ccccc2)c2ccccc2)o1. The summed E-state index contributed by atoms with van der Waals surface area (Å²) in [7, 11) is 0. The first-order valence-electron chi connectivity index (χ1n) is 6.68. The van der Waals surface area contributed by atoms with Gasteiger partial charge in [0.1, 0.15) is 5.76 Å². The average Bonchev–Trinajstić information content (AvgIpc) is 3.00. The predicted molar refractivity (Wildman–Crippen MR) is 79.5 cm³/mol. The molecule has 0 aliphatic rings. The van der Waals surface area contributed by atoms with Crippen LogP contribution in [0.2, 0.25) is 0 Å². The highest BCUT2D eigenvalue weighted by molar-refractivity contribution is 5.84. The van der Waals surface area contributed by atoms with E-state index in [0.717, 1.165) is 11.1 Å². The van der Waals surface area contributed by atoms with E-state index in [1.165, 1.54) is 6.07 Å². The zero-order valence-corrected chi connectivity index (χ0v) is 11.3. The number of hydrogen-bond acceptors (Lipinski definition) is 2. The van der Waals surface area contributed by atoms with Crippen LogP contribution in [0.25, 0.3) is 0 Å². The van der Waals surface area contributed by atoms with Crippen molar-refractivity contribution in [1.29, 1.82) is 0 Å². The van der Waals surface area contributed by atoms with Gasteiger partial charge in [0, 0.05) is 0 Å². The highest BCUT2D eigenvalue weighted by Crippen LogP contribution is 2.32. The van der Waals surface area contributed by atoms with E-state index in [1.54, 1.807) is 6.07 Å². The number of carbonyl (C=O) groups is 1. The smallest absolute Gasteiger partial charge is 0.371 e. The molecule has 0 saturated carbocycles. The fourth-order valence-corrected chi connectivity index (χ4v) is 2.43. The summed E-state index contributed by atoms with van der Waals surface area (Å²) in [6, 6.07) is 23.1. The molecule has 0 bridgehead atoms. The van der Waals surface area contributed by atoms with Crippen LogP contribution >= 0.6 is 0 Å². The summed E-state index contributed by atoms with van der Waals surface area (Å²) in [6.45, 7) is 0. The second kappa shape index (κ2) is 5.67. The number of rotatable bonds is 4. The Morgan fingerprint density at radius 2 is 1.33 bits per heavy atom. The molecular formula is C18H14O3. The van der Waals surface area contributed by atoms with Crippen LogP contribution < -0.4 is 0 Å². The monoisotopic (exact) mass is 278 g/mol. The number of hydrogen-bond donors (Lipinski definition) is 1. The lowest BCUT2D eigenvalue weighted by atomic mass is 9.89. The van der Waals surface area contributed by atoms with Crippen molar-refractivity contribution in [2.24, 2.45) is 0 Å². The molecule has 0 saturated heterocycles. The maximum atomic E-state index is 11.0. The third-order valence-electron chi connectivity index (χ3n) is 3.39. The second-order valence-corrected chi connectivity index (χ2v) is 4.76. The minimum Gasteiger partial charge on any atom is -0.475 e. The van der Waals surface area contributed by atoms with Crippen molar-refractivity contribution in [3.8, 4) is 0 Å². The molecule has 0 atom stereocenters. The van der Waals surface area contributed by atoms with E-state index < -0.39 is 5.97 Å². The molecule has 0 fully saturated rings. The summed E-state index contributed by atoms with van der Waals surface area (Å²) in [5.74, 6) is -0.576. The van der Waals surface area contributed by atoms with Gasteiger partial charge in [0.05, 0.1) is 5.92 Å². The Hall–Kier alpha value is -2.81. The minimum atomic E-state index is -1.05. The van der Waals surface area contributed by atoms with E-state index in [0.29, 0.717) is 5.76 Å². The molecule has 0 spiro atoms. The van der Waals surface area contributed by atoms with Crippen molar-refractivity contribution in [1.82, 2.24) is 0 Å². The van der Waals surface area contributed by atoms with Gasteiger partial charge in [-0.3, -0.25) is 0 Å². The normalized spacial score (nSPS) is 10.7. The van der Waals surface area contributed by atoms with Crippen molar-refractivity contribution < 1.29 is 14.3 Å². The maximum absolute atomic E-state index is 11.0. The van der Waals surface area contributed by atoms with E-state index in [4.69, 9.17) is 9.52 Å². The summed E-state index contributed by atoms with van der Waals surface area (Å²) in [6.07, 6.45) is 0. The van der Waals surface area contributed by atoms with Gasteiger partial charge in [-0.2, -0.15) is 0 Å². The first kappa shape index (κ1) is 13.2. The molecule has 2 aromatic carbocycles. The maximum Gasteiger partial charge on any atom is 0.371 e. The summed E-state index contributed by atoms with van der Waals surface area (Å²) in [5.41, 5.74) is 2.13. The summed E-state index contributed by atoms with van der Waals surface area (Å²) < 4.78 is 5.52. The lowest BCUT2D eigenvalue weighted by Crippen LogP contribution is -2.02. The fraction of sp³-hybridized carbons (Fsp3) is 0.0556. The van der Waals surface area contributed by atoms with Crippen LogP contribution in [0.1, 0.15) is 33.4 Å². The van der Waals surface area contributed by atoms with Crippen LogP contribution in [0.15, 0.2) is 77.2 Å². The molecule has 1 heterocycles. The molecule has 0 radical (unpaired) electrons. The van der Waals surface area contributed by atoms with Gasteiger partial charge < -0.3 is 9.52 Å². The van der Waals surface area contributed by atoms with E-state index in [2.05, 4.69) is 0 Å². The van der Waals surface area contributed by atoms with Crippen LogP contribution in [-0.2, 0) is 0 Å². The van der Waals surface area contributed by atoms with E-state index >= 15 is 0 Å². The molecule has 3 rings (SSSR count). The highest BCUT2D eigenvalue weighted by atomic mass is 16.4. The molecule has 104 valence electrons. The fourth-order valence-electron chi connectivity index (χ4n) is 2.43. The molecule has 0 aliphatic heterocycles. The molecule has 3 aromatic rings. The molecule has 0 unspecified atom stereocenters. The Labute approximate surface area is 122 Å². The second-order valence-electron chi connectivity index (χ2n) is 4.76. The van der Waals surface area contributed by atoms with Gasteiger partial charge in [-0.15, -0.1) is 0 Å². The first-order valence-corrected chi connectivity index (χ1v) is 6.68. The third kappa shape index (κ3) is 2.72. The number of carboxylic acid groups (broad SMARTS) is 1. The van der Waals surface area contributed by atoms with Gasteiger partial charge in [-0.1, -0.05) is 60.7 Å². The van der Waals surface area contributed by atoms with E-state index in [9.17, 15) is 4.79 Å². The predicted octanol–water partition coefficient (Wildman–Crippen LogP) is 4.16. The van der Waals surface area contributed by atoms with Crippen molar-refractivity contribution in [3.05, 3.63) is 95.4 Å². The van der Waals surface area contributed by atoms with Crippen molar-refractivity contribution in [2.45, 2.75) is 5.92 Å². The van der Waals surface area contributed by atoms with Gasteiger partial charge in [-0.05, 0) is 23.3 Å². The van der Waals surface area contributed by atoms with Crippen molar-refractivity contribution in [3.63, 3.8) is 0 Å². The first-order chi connectivity index (χ1) is 10.3. The van der Waals surface area contributed by atoms with Crippen LogP contribution in [0.3, 0.4) is 0 Å². The Morgan fingerprint density at radius 3 is 1.76 bits per heavy atom. The average molecular weight is 278 g/mol. The number of benzene rings is 2. The van der Waals surface area contributed by atoms with Gasteiger partial charge in [-0.25, -0.2) is 4.79 Å². The Kier molecular flexibility index (Phi) is 3.56. The Morgan fingerprint density at radius 1 is 0.810 bits per heavy atom. The van der Waals surface area contributed by atoms with Crippen LogP contribution in [0, 0.1) is 0 Å².